The van der Waals surface area contributed by atoms with Crippen LogP contribution in [0.2, 0.25) is 0 Å². The van der Waals surface area contributed by atoms with Gasteiger partial charge in [0.2, 0.25) is 0 Å². The van der Waals surface area contributed by atoms with Gasteiger partial charge in [0.05, 0.1) is 19.0 Å². The first-order chi connectivity index (χ1) is 10.7. The first-order valence-electron chi connectivity index (χ1n) is 7.12. The zero-order valence-corrected chi connectivity index (χ0v) is 12.2. The van der Waals surface area contributed by atoms with Crippen molar-refractivity contribution in [2.75, 3.05) is 23.5 Å². The van der Waals surface area contributed by atoms with E-state index in [1.165, 1.54) is 0 Å². The monoisotopic (exact) mass is 299 g/mol. The molecule has 0 saturated heterocycles. The van der Waals surface area contributed by atoms with Crippen LogP contribution in [-0.4, -0.2) is 29.3 Å². The second kappa shape index (κ2) is 5.93. The van der Waals surface area contributed by atoms with Gasteiger partial charge in [-0.2, -0.15) is 0 Å². The molecule has 0 radical (unpaired) electrons. The third kappa shape index (κ3) is 2.67. The van der Waals surface area contributed by atoms with Crippen LogP contribution in [0.25, 0.3) is 0 Å². The Morgan fingerprint density at radius 1 is 1.45 bits per heavy atom. The summed E-state index contributed by atoms with van der Waals surface area (Å²) in [5.41, 5.74) is 2.22. The number of carboxylic acid groups (broad SMARTS) is 1. The number of pyridine rings is 1. The van der Waals surface area contributed by atoms with Crippen LogP contribution in [0.5, 0.6) is 5.75 Å². The highest BCUT2D eigenvalue weighted by molar-refractivity contribution is 5.91. The minimum atomic E-state index is -0.979. The number of fused-ring (bicyclic) bond motifs is 1. The maximum absolute atomic E-state index is 11.2. The lowest BCUT2D eigenvalue weighted by Gasteiger charge is -2.18. The maximum Gasteiger partial charge on any atom is 0.339 e. The lowest BCUT2D eigenvalue weighted by atomic mass is 10.1. The van der Waals surface area contributed by atoms with Crippen molar-refractivity contribution in [2.24, 2.45) is 0 Å². The number of nitrogens with zero attached hydrogens (tertiary/aromatic N) is 2. The molecule has 0 amide bonds. The highest BCUT2D eigenvalue weighted by Gasteiger charge is 2.20. The van der Waals surface area contributed by atoms with Gasteiger partial charge in [0.25, 0.3) is 0 Å². The summed E-state index contributed by atoms with van der Waals surface area (Å²) < 4.78 is 5.45. The van der Waals surface area contributed by atoms with Gasteiger partial charge in [-0.3, -0.25) is 0 Å². The lowest BCUT2D eigenvalue weighted by Crippen LogP contribution is -2.22. The molecule has 0 atom stereocenters. The van der Waals surface area contributed by atoms with Crippen molar-refractivity contribution in [1.82, 2.24) is 4.98 Å². The Bertz CT molecular complexity index is 703. The van der Waals surface area contributed by atoms with Crippen LogP contribution in [0.4, 0.5) is 11.5 Å². The van der Waals surface area contributed by atoms with Crippen LogP contribution in [0, 0.1) is 0 Å². The Morgan fingerprint density at radius 2 is 2.32 bits per heavy atom. The van der Waals surface area contributed by atoms with Gasteiger partial charge in [0.1, 0.15) is 11.3 Å². The summed E-state index contributed by atoms with van der Waals surface area (Å²) in [4.78, 5) is 17.6. The summed E-state index contributed by atoms with van der Waals surface area (Å²) in [6, 6.07) is 9.12. The van der Waals surface area contributed by atoms with Crippen molar-refractivity contribution >= 4 is 17.5 Å². The second-order valence-electron chi connectivity index (χ2n) is 4.97. The molecule has 0 spiro atoms. The number of aromatic carboxylic acids is 1. The molecule has 6 heteroatoms. The minimum Gasteiger partial charge on any atom is -0.493 e. The summed E-state index contributed by atoms with van der Waals surface area (Å²) >= 11 is 0. The molecule has 1 aliphatic rings. The van der Waals surface area contributed by atoms with Crippen molar-refractivity contribution in [2.45, 2.75) is 13.5 Å². The molecule has 2 N–H and O–H groups in total. The number of benzene rings is 1. The van der Waals surface area contributed by atoms with Gasteiger partial charge >= 0.3 is 5.97 Å². The topological polar surface area (TPSA) is 74.7 Å². The number of rotatable bonds is 5. The molecule has 0 saturated carbocycles. The van der Waals surface area contributed by atoms with E-state index in [9.17, 15) is 9.90 Å². The summed E-state index contributed by atoms with van der Waals surface area (Å²) in [6.45, 7) is 3.61. The Hall–Kier alpha value is -2.76. The molecule has 1 aromatic heterocycles. The number of anilines is 2. The number of aromatic nitrogens is 1. The van der Waals surface area contributed by atoms with Gasteiger partial charge in [-0.25, -0.2) is 9.78 Å². The SMILES string of the molecule is CCOc1cc(CN2CNc3ncccc32)ccc1C(=O)O. The summed E-state index contributed by atoms with van der Waals surface area (Å²) in [5.74, 6) is 0.299. The van der Waals surface area contributed by atoms with Crippen LogP contribution < -0.4 is 15.0 Å². The molecule has 1 aromatic carbocycles. The first-order valence-corrected chi connectivity index (χ1v) is 7.12. The van der Waals surface area contributed by atoms with E-state index < -0.39 is 5.97 Å². The fourth-order valence-corrected chi connectivity index (χ4v) is 2.52. The van der Waals surface area contributed by atoms with E-state index >= 15 is 0 Å². The maximum atomic E-state index is 11.2. The molecule has 2 heterocycles. The summed E-state index contributed by atoms with van der Waals surface area (Å²) in [6.07, 6.45) is 1.75. The van der Waals surface area contributed by atoms with Gasteiger partial charge in [-0.15, -0.1) is 0 Å². The quantitative estimate of drug-likeness (QED) is 0.884. The molecule has 114 valence electrons. The number of nitrogens with one attached hydrogen (secondary N) is 1. The van der Waals surface area contributed by atoms with E-state index in [4.69, 9.17) is 4.74 Å². The second-order valence-corrected chi connectivity index (χ2v) is 4.97. The molecule has 3 rings (SSSR count). The van der Waals surface area contributed by atoms with Crippen LogP contribution in [0.1, 0.15) is 22.8 Å². The predicted molar refractivity (Wildman–Crippen MR) is 83.5 cm³/mol. The number of ether oxygens (including phenoxy) is 1. The van der Waals surface area contributed by atoms with E-state index in [-0.39, 0.29) is 5.56 Å². The average Bonchev–Trinajstić information content (AvgIpc) is 2.91. The fraction of sp³-hybridized carbons (Fsp3) is 0.250. The van der Waals surface area contributed by atoms with Crippen molar-refractivity contribution < 1.29 is 14.6 Å². The zero-order chi connectivity index (χ0) is 15.5. The van der Waals surface area contributed by atoms with E-state index in [2.05, 4.69) is 15.2 Å². The highest BCUT2D eigenvalue weighted by Crippen LogP contribution is 2.30. The number of hydrogen-bond donors (Lipinski definition) is 2. The van der Waals surface area contributed by atoms with Gasteiger partial charge < -0.3 is 20.1 Å². The van der Waals surface area contributed by atoms with E-state index in [1.54, 1.807) is 18.3 Å². The van der Waals surface area contributed by atoms with Crippen molar-refractivity contribution in [1.29, 1.82) is 0 Å². The standard InChI is InChI=1S/C16H17N3O3/c1-2-22-14-8-11(5-6-12(14)16(20)21)9-19-10-18-15-13(19)4-3-7-17-15/h3-8H,2,9-10H2,1H3,(H,17,18)(H,20,21). The molecule has 0 fully saturated rings. The molecule has 0 aliphatic carbocycles. The first kappa shape index (κ1) is 14.2. The molecule has 22 heavy (non-hydrogen) atoms. The van der Waals surface area contributed by atoms with E-state index in [1.807, 2.05) is 25.1 Å². The zero-order valence-electron chi connectivity index (χ0n) is 12.2. The van der Waals surface area contributed by atoms with Gasteiger partial charge in [-0.05, 0) is 36.8 Å². The Labute approximate surface area is 128 Å². The van der Waals surface area contributed by atoms with Crippen LogP contribution in [0.3, 0.4) is 0 Å². The normalized spacial score (nSPS) is 12.7. The molecule has 1 aliphatic heterocycles. The summed E-state index contributed by atoms with van der Waals surface area (Å²) in [7, 11) is 0. The number of carboxylic acids is 1. The van der Waals surface area contributed by atoms with Gasteiger partial charge in [-0.1, -0.05) is 6.07 Å². The predicted octanol–water partition coefficient (Wildman–Crippen LogP) is 2.57. The van der Waals surface area contributed by atoms with E-state index in [0.29, 0.717) is 25.6 Å². The summed E-state index contributed by atoms with van der Waals surface area (Å²) in [5, 5.41) is 12.4. The Morgan fingerprint density at radius 3 is 3.09 bits per heavy atom. The fourth-order valence-electron chi connectivity index (χ4n) is 2.52. The van der Waals surface area contributed by atoms with Gasteiger partial charge in [0.15, 0.2) is 5.82 Å². The molecular weight excluding hydrogens is 282 g/mol. The average molecular weight is 299 g/mol. The van der Waals surface area contributed by atoms with E-state index in [0.717, 1.165) is 17.1 Å². The molecular formula is C16H17N3O3. The number of hydrogen-bond acceptors (Lipinski definition) is 5. The van der Waals surface area contributed by atoms with Crippen molar-refractivity contribution in [3.05, 3.63) is 47.7 Å². The van der Waals surface area contributed by atoms with Crippen molar-refractivity contribution in [3.63, 3.8) is 0 Å². The lowest BCUT2D eigenvalue weighted by molar-refractivity contribution is 0.0692. The van der Waals surface area contributed by atoms with Crippen LogP contribution >= 0.6 is 0 Å². The van der Waals surface area contributed by atoms with Crippen LogP contribution in [0.15, 0.2) is 36.5 Å². The smallest absolute Gasteiger partial charge is 0.339 e. The third-order valence-electron chi connectivity index (χ3n) is 3.51. The molecule has 0 bridgehead atoms. The molecule has 6 nitrogen and oxygen atoms in total. The molecule has 0 unspecified atom stereocenters. The largest absolute Gasteiger partial charge is 0.493 e. The van der Waals surface area contributed by atoms with Crippen LogP contribution in [-0.2, 0) is 6.54 Å². The minimum absolute atomic E-state index is 0.187. The Balaban J connectivity index is 1.84. The Kier molecular flexibility index (Phi) is 3.82. The van der Waals surface area contributed by atoms with Crippen molar-refractivity contribution in [3.8, 4) is 5.75 Å². The third-order valence-corrected chi connectivity index (χ3v) is 3.51. The van der Waals surface area contributed by atoms with Gasteiger partial charge in [0, 0.05) is 12.7 Å². The molecule has 2 aromatic rings. The number of carbonyl (C=O) groups is 1. The highest BCUT2D eigenvalue weighted by atomic mass is 16.5.